The van der Waals surface area contributed by atoms with Gasteiger partial charge in [-0.15, -0.1) is 0 Å². The van der Waals surface area contributed by atoms with E-state index in [0.717, 1.165) is 0 Å². The summed E-state index contributed by atoms with van der Waals surface area (Å²) < 4.78 is 0. The predicted octanol–water partition coefficient (Wildman–Crippen LogP) is 2.83. The summed E-state index contributed by atoms with van der Waals surface area (Å²) in [6, 6.07) is 0. The Labute approximate surface area is 76.5 Å². The lowest BCUT2D eigenvalue weighted by Crippen LogP contribution is -2.18. The van der Waals surface area contributed by atoms with E-state index in [-0.39, 0.29) is 0 Å². The van der Waals surface area contributed by atoms with E-state index in [0.29, 0.717) is 0 Å². The molecule has 12 heavy (non-hydrogen) atoms. The van der Waals surface area contributed by atoms with Gasteiger partial charge < -0.3 is 0 Å². The van der Waals surface area contributed by atoms with E-state index in [1.165, 1.54) is 51.7 Å². The molecular weight excluding hydrogens is 146 g/mol. The Kier molecular flexibility index (Phi) is 5.09. The van der Waals surface area contributed by atoms with Crippen LogP contribution in [0.3, 0.4) is 0 Å². The second-order valence-corrected chi connectivity index (χ2v) is 3.62. The molecule has 1 nitrogen and oxygen atoms in total. The Morgan fingerprint density at radius 2 is 1.92 bits per heavy atom. The summed E-state index contributed by atoms with van der Waals surface area (Å²) in [5.74, 6) is 0. The molecule has 0 aliphatic carbocycles. The number of hydrogen-bond donors (Lipinski definition) is 0. The Hall–Kier alpha value is -0.300. The summed E-state index contributed by atoms with van der Waals surface area (Å²) in [6.07, 6.45) is 11.4. The molecule has 0 N–H and O–H groups in total. The van der Waals surface area contributed by atoms with E-state index in [9.17, 15) is 0 Å². The molecule has 1 heteroatoms. The SMILES string of the molecule is CCCC/C=C/CN1CCCC1. The average molecular weight is 167 g/mol. The average Bonchev–Trinajstić information content (AvgIpc) is 2.57. The van der Waals surface area contributed by atoms with Crippen LogP contribution in [0, 0.1) is 0 Å². The van der Waals surface area contributed by atoms with Crippen molar-refractivity contribution in [2.75, 3.05) is 19.6 Å². The van der Waals surface area contributed by atoms with Crippen molar-refractivity contribution in [3.63, 3.8) is 0 Å². The number of rotatable bonds is 5. The lowest BCUT2D eigenvalue weighted by atomic mass is 10.2. The molecule has 1 heterocycles. The quantitative estimate of drug-likeness (QED) is 0.449. The van der Waals surface area contributed by atoms with Crippen molar-refractivity contribution in [2.45, 2.75) is 39.0 Å². The number of unbranched alkanes of at least 4 members (excludes halogenated alkanes) is 2. The second kappa shape index (κ2) is 6.24. The van der Waals surface area contributed by atoms with Gasteiger partial charge in [-0.1, -0.05) is 31.9 Å². The fourth-order valence-corrected chi connectivity index (χ4v) is 1.63. The summed E-state index contributed by atoms with van der Waals surface area (Å²) in [7, 11) is 0. The summed E-state index contributed by atoms with van der Waals surface area (Å²) in [4.78, 5) is 2.53. The topological polar surface area (TPSA) is 3.24 Å². The van der Waals surface area contributed by atoms with Gasteiger partial charge in [0.05, 0.1) is 0 Å². The van der Waals surface area contributed by atoms with Crippen LogP contribution in [0.5, 0.6) is 0 Å². The number of likely N-dealkylation sites (tertiary alicyclic amines) is 1. The van der Waals surface area contributed by atoms with Crippen LogP contribution in [0.4, 0.5) is 0 Å². The van der Waals surface area contributed by atoms with Crippen molar-refractivity contribution in [1.29, 1.82) is 0 Å². The van der Waals surface area contributed by atoms with Gasteiger partial charge in [-0.05, 0) is 32.4 Å². The van der Waals surface area contributed by atoms with Gasteiger partial charge in [0.25, 0.3) is 0 Å². The maximum Gasteiger partial charge on any atom is 0.0163 e. The van der Waals surface area contributed by atoms with Crippen molar-refractivity contribution in [3.8, 4) is 0 Å². The first kappa shape index (κ1) is 9.79. The number of allylic oxidation sites excluding steroid dienone is 1. The molecule has 0 atom stereocenters. The maximum absolute atomic E-state index is 2.53. The maximum atomic E-state index is 2.53. The molecule has 1 saturated heterocycles. The molecular formula is C11H21N. The second-order valence-electron chi connectivity index (χ2n) is 3.62. The van der Waals surface area contributed by atoms with Crippen molar-refractivity contribution in [3.05, 3.63) is 12.2 Å². The van der Waals surface area contributed by atoms with Gasteiger partial charge in [-0.3, -0.25) is 4.90 Å². The van der Waals surface area contributed by atoms with E-state index in [1.807, 2.05) is 0 Å². The van der Waals surface area contributed by atoms with E-state index >= 15 is 0 Å². The molecule has 1 aliphatic heterocycles. The summed E-state index contributed by atoms with van der Waals surface area (Å²) in [5, 5.41) is 0. The molecule has 0 spiro atoms. The van der Waals surface area contributed by atoms with Crippen LogP contribution in [0.2, 0.25) is 0 Å². The van der Waals surface area contributed by atoms with Crippen molar-refractivity contribution < 1.29 is 0 Å². The van der Waals surface area contributed by atoms with E-state index in [1.54, 1.807) is 0 Å². The van der Waals surface area contributed by atoms with Crippen molar-refractivity contribution >= 4 is 0 Å². The third kappa shape index (κ3) is 3.91. The summed E-state index contributed by atoms with van der Waals surface area (Å²) >= 11 is 0. The van der Waals surface area contributed by atoms with Crippen molar-refractivity contribution in [1.82, 2.24) is 4.90 Å². The highest BCUT2D eigenvalue weighted by Crippen LogP contribution is 2.06. The molecule has 0 radical (unpaired) electrons. The van der Waals surface area contributed by atoms with Crippen LogP contribution in [-0.4, -0.2) is 24.5 Å². The zero-order chi connectivity index (χ0) is 8.65. The Morgan fingerprint density at radius 1 is 1.17 bits per heavy atom. The molecule has 1 fully saturated rings. The first-order valence-corrected chi connectivity index (χ1v) is 5.31. The molecule has 0 aromatic rings. The molecule has 0 saturated carbocycles. The van der Waals surface area contributed by atoms with Crippen molar-refractivity contribution in [2.24, 2.45) is 0 Å². The molecule has 0 aromatic carbocycles. The highest BCUT2D eigenvalue weighted by Gasteiger charge is 2.08. The molecule has 0 aromatic heterocycles. The fraction of sp³-hybridized carbons (Fsp3) is 0.818. The van der Waals surface area contributed by atoms with Gasteiger partial charge in [0.1, 0.15) is 0 Å². The fourth-order valence-electron chi connectivity index (χ4n) is 1.63. The monoisotopic (exact) mass is 167 g/mol. The Bertz CT molecular complexity index is 123. The van der Waals surface area contributed by atoms with Crippen LogP contribution in [0.1, 0.15) is 39.0 Å². The van der Waals surface area contributed by atoms with Crippen LogP contribution in [0.25, 0.3) is 0 Å². The normalized spacial score (nSPS) is 19.4. The predicted molar refractivity (Wildman–Crippen MR) is 54.3 cm³/mol. The minimum absolute atomic E-state index is 1.18. The first-order valence-electron chi connectivity index (χ1n) is 5.31. The number of nitrogens with zero attached hydrogens (tertiary/aromatic N) is 1. The summed E-state index contributed by atoms with van der Waals surface area (Å²) in [5.41, 5.74) is 0. The minimum Gasteiger partial charge on any atom is -0.300 e. The van der Waals surface area contributed by atoms with Gasteiger partial charge >= 0.3 is 0 Å². The van der Waals surface area contributed by atoms with Gasteiger partial charge in [0.15, 0.2) is 0 Å². The zero-order valence-electron chi connectivity index (χ0n) is 8.26. The molecule has 1 rings (SSSR count). The molecule has 0 bridgehead atoms. The first-order chi connectivity index (χ1) is 5.93. The molecule has 70 valence electrons. The highest BCUT2D eigenvalue weighted by atomic mass is 15.1. The van der Waals surface area contributed by atoms with Crippen LogP contribution in [-0.2, 0) is 0 Å². The van der Waals surface area contributed by atoms with Gasteiger partial charge in [0, 0.05) is 6.54 Å². The van der Waals surface area contributed by atoms with E-state index in [2.05, 4.69) is 24.0 Å². The Balaban J connectivity index is 1.96. The molecule has 0 unspecified atom stereocenters. The van der Waals surface area contributed by atoms with Crippen LogP contribution in [0.15, 0.2) is 12.2 Å². The molecule has 1 aliphatic rings. The summed E-state index contributed by atoms with van der Waals surface area (Å²) in [6.45, 7) is 6.06. The third-order valence-corrected chi connectivity index (χ3v) is 2.45. The molecule has 0 amide bonds. The van der Waals surface area contributed by atoms with E-state index < -0.39 is 0 Å². The lowest BCUT2D eigenvalue weighted by Gasteiger charge is -2.10. The third-order valence-electron chi connectivity index (χ3n) is 2.45. The Morgan fingerprint density at radius 3 is 2.58 bits per heavy atom. The van der Waals surface area contributed by atoms with Crippen LogP contribution < -0.4 is 0 Å². The van der Waals surface area contributed by atoms with Gasteiger partial charge in [0.2, 0.25) is 0 Å². The number of hydrogen-bond acceptors (Lipinski definition) is 1. The largest absolute Gasteiger partial charge is 0.300 e. The van der Waals surface area contributed by atoms with Crippen LogP contribution >= 0.6 is 0 Å². The minimum atomic E-state index is 1.18. The standard InChI is InChI=1S/C11H21N/c1-2-3-4-5-6-9-12-10-7-8-11-12/h5-6H,2-4,7-11H2,1H3/b6-5+. The lowest BCUT2D eigenvalue weighted by molar-refractivity contribution is 0.377. The van der Waals surface area contributed by atoms with Gasteiger partial charge in [-0.2, -0.15) is 0 Å². The van der Waals surface area contributed by atoms with Gasteiger partial charge in [-0.25, -0.2) is 0 Å². The smallest absolute Gasteiger partial charge is 0.0163 e. The highest BCUT2D eigenvalue weighted by molar-refractivity contribution is 4.85. The van der Waals surface area contributed by atoms with E-state index in [4.69, 9.17) is 0 Å². The zero-order valence-corrected chi connectivity index (χ0v) is 8.26.